The Labute approximate surface area is 217 Å². The van der Waals surface area contributed by atoms with Gasteiger partial charge in [-0.15, -0.1) is 13.2 Å². The largest absolute Gasteiger partial charge is 0.573 e. The minimum atomic E-state index is -4.97. The molecule has 1 aliphatic heterocycles. The van der Waals surface area contributed by atoms with E-state index in [0.29, 0.717) is 24.6 Å². The molecule has 38 heavy (non-hydrogen) atoms. The highest BCUT2D eigenvalue weighted by atomic mass is 19.4. The van der Waals surface area contributed by atoms with E-state index in [1.807, 2.05) is 18.0 Å². The third kappa shape index (κ3) is 7.43. The van der Waals surface area contributed by atoms with Crippen LogP contribution in [0, 0.1) is 0 Å². The lowest BCUT2D eigenvalue weighted by Crippen LogP contribution is -2.47. The van der Waals surface area contributed by atoms with Crippen LogP contribution in [-0.2, 0) is 4.79 Å². The number of nitrogen functional groups attached to an aromatic ring is 1. The van der Waals surface area contributed by atoms with E-state index in [9.17, 15) is 22.8 Å². The maximum Gasteiger partial charge on any atom is 0.573 e. The summed E-state index contributed by atoms with van der Waals surface area (Å²) in [5.41, 5.74) is 7.58. The Hall–Kier alpha value is -4.16. The van der Waals surface area contributed by atoms with Crippen LogP contribution in [0.4, 0.5) is 30.4 Å². The van der Waals surface area contributed by atoms with Crippen LogP contribution in [0.5, 0.6) is 5.75 Å². The number of nitrogens with zero attached hydrogens (tertiary/aromatic N) is 3. The SMILES string of the molecule is CN1CCN(CC(=O)Nc2cc(C(=O)Nc3ccc(-c4ccc(N)nc4)cc3)ccc2OC(F)(F)F)CC1. The van der Waals surface area contributed by atoms with E-state index >= 15 is 0 Å². The van der Waals surface area contributed by atoms with E-state index < -0.39 is 23.9 Å². The summed E-state index contributed by atoms with van der Waals surface area (Å²) in [6.45, 7) is 2.88. The topological polar surface area (TPSA) is 113 Å². The van der Waals surface area contributed by atoms with Gasteiger partial charge >= 0.3 is 6.36 Å². The van der Waals surface area contributed by atoms with Crippen molar-refractivity contribution < 1.29 is 27.5 Å². The van der Waals surface area contributed by atoms with Gasteiger partial charge in [0, 0.05) is 49.2 Å². The van der Waals surface area contributed by atoms with Gasteiger partial charge in [-0.1, -0.05) is 12.1 Å². The lowest BCUT2D eigenvalue weighted by atomic mass is 10.1. The zero-order valence-electron chi connectivity index (χ0n) is 20.6. The standard InChI is InChI=1S/C26H27F3N6O3/c1-34-10-12-35(13-11-34)16-24(36)33-21-14-18(4-8-22(21)38-26(27,28)29)25(37)32-20-6-2-17(3-7-20)19-5-9-23(30)31-15-19/h2-9,14-15H,10-13,16H2,1H3,(H2,30,31)(H,32,37)(H,33,36). The van der Waals surface area contributed by atoms with E-state index in [-0.39, 0.29) is 17.8 Å². The Morgan fingerprint density at radius 2 is 1.66 bits per heavy atom. The smallest absolute Gasteiger partial charge is 0.404 e. The number of carbonyl (C=O) groups is 2. The summed E-state index contributed by atoms with van der Waals surface area (Å²) in [5.74, 6) is -1.28. The number of piperazine rings is 1. The summed E-state index contributed by atoms with van der Waals surface area (Å²) in [6.07, 6.45) is -3.34. The fourth-order valence-electron chi connectivity index (χ4n) is 3.91. The van der Waals surface area contributed by atoms with Gasteiger partial charge in [0.25, 0.3) is 5.91 Å². The summed E-state index contributed by atoms with van der Waals surface area (Å²) < 4.78 is 42.9. The maximum absolute atomic E-state index is 13.0. The van der Waals surface area contributed by atoms with Gasteiger partial charge in [0.2, 0.25) is 5.91 Å². The number of halogens is 3. The van der Waals surface area contributed by atoms with E-state index in [4.69, 9.17) is 5.73 Å². The molecule has 0 atom stereocenters. The summed E-state index contributed by atoms with van der Waals surface area (Å²) >= 11 is 0. The first-order valence-electron chi connectivity index (χ1n) is 11.8. The first-order valence-corrected chi connectivity index (χ1v) is 11.8. The van der Waals surface area contributed by atoms with Gasteiger partial charge in [0.1, 0.15) is 5.82 Å². The molecule has 1 saturated heterocycles. The number of hydrogen-bond donors (Lipinski definition) is 3. The molecule has 1 fully saturated rings. The Balaban J connectivity index is 1.47. The number of alkyl halides is 3. The molecule has 0 bridgehead atoms. The molecule has 2 heterocycles. The Bertz CT molecular complexity index is 1270. The van der Waals surface area contributed by atoms with Gasteiger partial charge < -0.3 is 26.0 Å². The van der Waals surface area contributed by atoms with Crippen LogP contribution in [0.25, 0.3) is 11.1 Å². The monoisotopic (exact) mass is 528 g/mol. The van der Waals surface area contributed by atoms with Gasteiger partial charge in [-0.05, 0) is 55.1 Å². The number of nitrogens with one attached hydrogen (secondary N) is 2. The van der Waals surface area contributed by atoms with Crippen molar-refractivity contribution in [2.24, 2.45) is 0 Å². The Morgan fingerprint density at radius 3 is 2.29 bits per heavy atom. The van der Waals surface area contributed by atoms with Crippen molar-refractivity contribution in [2.45, 2.75) is 6.36 Å². The molecule has 0 spiro atoms. The first-order chi connectivity index (χ1) is 18.1. The highest BCUT2D eigenvalue weighted by Crippen LogP contribution is 2.32. The fourth-order valence-corrected chi connectivity index (χ4v) is 3.91. The Kier molecular flexibility index (Phi) is 8.13. The number of aromatic nitrogens is 1. The van der Waals surface area contributed by atoms with Crippen molar-refractivity contribution in [3.05, 3.63) is 66.4 Å². The fraction of sp³-hybridized carbons (Fsp3) is 0.269. The third-order valence-electron chi connectivity index (χ3n) is 5.97. The highest BCUT2D eigenvalue weighted by molar-refractivity contribution is 6.06. The molecule has 2 aromatic carbocycles. The minimum Gasteiger partial charge on any atom is -0.404 e. The van der Waals surface area contributed by atoms with Crippen molar-refractivity contribution in [3.63, 3.8) is 0 Å². The van der Waals surface area contributed by atoms with Crippen molar-refractivity contribution >= 4 is 29.0 Å². The highest BCUT2D eigenvalue weighted by Gasteiger charge is 2.32. The summed E-state index contributed by atoms with van der Waals surface area (Å²) in [7, 11) is 1.97. The molecular weight excluding hydrogens is 501 g/mol. The lowest BCUT2D eigenvalue weighted by Gasteiger charge is -2.31. The molecule has 1 aliphatic rings. The third-order valence-corrected chi connectivity index (χ3v) is 5.97. The summed E-state index contributed by atoms with van der Waals surface area (Å²) in [5, 5.41) is 5.17. The molecule has 9 nitrogen and oxygen atoms in total. The molecule has 0 aliphatic carbocycles. The molecule has 3 aromatic rings. The molecule has 2 amide bonds. The van der Waals surface area contributed by atoms with Crippen LogP contribution < -0.4 is 21.1 Å². The second-order valence-corrected chi connectivity index (χ2v) is 8.89. The van der Waals surface area contributed by atoms with Crippen LogP contribution in [0.2, 0.25) is 0 Å². The number of rotatable bonds is 7. The molecule has 4 rings (SSSR count). The number of likely N-dealkylation sites (N-methyl/N-ethyl adjacent to an activating group) is 1. The predicted molar refractivity (Wildman–Crippen MR) is 138 cm³/mol. The van der Waals surface area contributed by atoms with Crippen molar-refractivity contribution in [3.8, 4) is 16.9 Å². The molecule has 4 N–H and O–H groups in total. The molecule has 0 saturated carbocycles. The molecule has 200 valence electrons. The molecular formula is C26H27F3N6O3. The first kappa shape index (κ1) is 26.9. The number of carbonyl (C=O) groups excluding carboxylic acids is 2. The quantitative estimate of drug-likeness (QED) is 0.429. The van der Waals surface area contributed by atoms with Crippen molar-refractivity contribution in [2.75, 3.05) is 56.1 Å². The normalized spacial score (nSPS) is 14.6. The Morgan fingerprint density at radius 1 is 0.974 bits per heavy atom. The van der Waals surface area contributed by atoms with Gasteiger partial charge in [-0.3, -0.25) is 14.5 Å². The summed E-state index contributed by atoms with van der Waals surface area (Å²) in [4.78, 5) is 33.5. The molecule has 1 aromatic heterocycles. The van der Waals surface area contributed by atoms with E-state index in [1.165, 1.54) is 6.07 Å². The van der Waals surface area contributed by atoms with Crippen LogP contribution in [0.1, 0.15) is 10.4 Å². The van der Waals surface area contributed by atoms with Crippen molar-refractivity contribution in [1.29, 1.82) is 0 Å². The molecule has 12 heteroatoms. The van der Waals surface area contributed by atoms with Crippen LogP contribution in [0.3, 0.4) is 0 Å². The minimum absolute atomic E-state index is 0.00555. The average Bonchev–Trinajstić information content (AvgIpc) is 2.86. The number of ether oxygens (including phenoxy) is 1. The number of anilines is 3. The number of hydrogen-bond acceptors (Lipinski definition) is 7. The molecule has 0 radical (unpaired) electrons. The number of pyridine rings is 1. The second-order valence-electron chi connectivity index (χ2n) is 8.89. The van der Waals surface area contributed by atoms with Gasteiger partial charge in [-0.25, -0.2) is 4.98 Å². The van der Waals surface area contributed by atoms with Crippen LogP contribution in [0.15, 0.2) is 60.8 Å². The zero-order valence-corrected chi connectivity index (χ0v) is 20.6. The van der Waals surface area contributed by atoms with E-state index in [0.717, 1.165) is 36.3 Å². The number of nitrogens with two attached hydrogens (primary N) is 1. The van der Waals surface area contributed by atoms with E-state index in [1.54, 1.807) is 36.5 Å². The molecule has 0 unspecified atom stereocenters. The van der Waals surface area contributed by atoms with Crippen LogP contribution in [-0.4, -0.2) is 72.7 Å². The summed E-state index contributed by atoms with van der Waals surface area (Å²) in [6, 6.07) is 13.8. The predicted octanol–water partition coefficient (Wildman–Crippen LogP) is 3.67. The average molecular weight is 529 g/mol. The van der Waals surface area contributed by atoms with Gasteiger partial charge in [-0.2, -0.15) is 0 Å². The zero-order chi connectivity index (χ0) is 27.3. The number of amides is 2. The van der Waals surface area contributed by atoms with E-state index in [2.05, 4.69) is 25.3 Å². The van der Waals surface area contributed by atoms with Gasteiger partial charge in [0.15, 0.2) is 5.75 Å². The van der Waals surface area contributed by atoms with Crippen LogP contribution >= 0.6 is 0 Å². The maximum atomic E-state index is 13.0. The lowest BCUT2D eigenvalue weighted by molar-refractivity contribution is -0.274. The number of benzene rings is 2. The van der Waals surface area contributed by atoms with Gasteiger partial charge in [0.05, 0.1) is 12.2 Å². The van der Waals surface area contributed by atoms with Crippen molar-refractivity contribution in [1.82, 2.24) is 14.8 Å². The second kappa shape index (κ2) is 11.5.